The molecule has 1 saturated heterocycles. The molecule has 9 nitrogen and oxygen atoms in total. The van der Waals surface area contributed by atoms with E-state index in [-0.39, 0.29) is 0 Å². The molecule has 10 heteroatoms. The molecule has 0 radical (unpaired) electrons. The second-order valence-corrected chi connectivity index (χ2v) is 4.11. The number of carbonyl (C=O) groups excluding carboxylic acids is 1. The first-order valence-electron chi connectivity index (χ1n) is 4.05. The zero-order valence-electron chi connectivity index (χ0n) is 7.68. The van der Waals surface area contributed by atoms with Crippen LogP contribution in [0.2, 0.25) is 0 Å². The van der Waals surface area contributed by atoms with Crippen LogP contribution in [0.1, 0.15) is 0 Å². The van der Waals surface area contributed by atoms with Gasteiger partial charge in [-0.1, -0.05) is 0 Å². The first kappa shape index (κ1) is 13.3. The summed E-state index contributed by atoms with van der Waals surface area (Å²) in [5, 5.41) is 28.8. The number of aliphatic hydroxyl groups excluding tert-OH is 2. The summed E-state index contributed by atoms with van der Waals surface area (Å²) in [5.74, 6) is -1.77. The van der Waals surface area contributed by atoms with Crippen LogP contribution in [0.15, 0.2) is 0 Å². The molecule has 0 spiro atoms. The smallest absolute Gasteiger partial charge is 0.218 e. The summed E-state index contributed by atoms with van der Waals surface area (Å²) >= 11 is 0. The lowest BCUT2D eigenvalue weighted by Crippen LogP contribution is -2.59. The zero-order chi connectivity index (χ0) is 12.5. The number of carboxylic acids is 1. The molecular weight excluding hydrogens is 248 g/mol. The summed E-state index contributed by atoms with van der Waals surface area (Å²) < 4.78 is 39.0. The first-order valence-corrected chi connectivity index (χ1v) is 5.38. The Hall–Kier alpha value is -0.780. The van der Waals surface area contributed by atoms with Crippen molar-refractivity contribution >= 4 is 16.4 Å². The molecule has 0 aromatic rings. The molecule has 0 bridgehead atoms. The average Bonchev–Trinajstić information content (AvgIpc) is 2.10. The lowest BCUT2D eigenvalue weighted by atomic mass is 10.0. The van der Waals surface area contributed by atoms with Crippen molar-refractivity contribution in [2.24, 2.45) is 0 Å². The van der Waals surface area contributed by atoms with Crippen molar-refractivity contribution in [1.82, 2.24) is 0 Å². The van der Waals surface area contributed by atoms with E-state index < -0.39 is 47.4 Å². The summed E-state index contributed by atoms with van der Waals surface area (Å²) in [5.41, 5.74) is 0. The van der Waals surface area contributed by atoms with Gasteiger partial charge < -0.3 is 29.4 Å². The molecule has 1 fully saturated rings. The van der Waals surface area contributed by atoms with Crippen LogP contribution in [0.4, 0.5) is 0 Å². The van der Waals surface area contributed by atoms with Gasteiger partial charge in [0.05, 0.1) is 12.6 Å². The molecule has 16 heavy (non-hydrogen) atoms. The summed E-state index contributed by atoms with van der Waals surface area (Å²) in [6, 6.07) is 0. The highest BCUT2D eigenvalue weighted by Gasteiger charge is 2.40. The Bertz CT molecular complexity index is 362. The van der Waals surface area contributed by atoms with Gasteiger partial charge in [0.2, 0.25) is 10.4 Å². The maximum absolute atomic E-state index is 10.4. The predicted octanol–water partition coefficient (Wildman–Crippen LogP) is -4.30. The number of aliphatic hydroxyl groups is 2. The third kappa shape index (κ3) is 3.10. The van der Waals surface area contributed by atoms with E-state index in [0.29, 0.717) is 0 Å². The van der Waals surface area contributed by atoms with Crippen LogP contribution in [0.25, 0.3) is 0 Å². The van der Waals surface area contributed by atoms with E-state index in [9.17, 15) is 33.1 Å². The number of hydrogen-bond acceptors (Lipinski definition) is 9. The van der Waals surface area contributed by atoms with E-state index >= 15 is 0 Å². The monoisotopic (exact) mass is 256 g/mol. The van der Waals surface area contributed by atoms with Gasteiger partial charge in [0.1, 0.15) is 24.4 Å². The van der Waals surface area contributed by atoms with Crippen LogP contribution in [0.5, 0.6) is 0 Å². The van der Waals surface area contributed by atoms with E-state index in [1.165, 1.54) is 0 Å². The van der Waals surface area contributed by atoms with E-state index in [1.807, 2.05) is 0 Å². The molecule has 1 rings (SSSR count). The highest BCUT2D eigenvalue weighted by molar-refractivity contribution is 7.80. The fraction of sp³-hybridized carbons (Fsp3) is 0.833. The molecule has 1 heterocycles. The number of carbonyl (C=O) groups is 1. The van der Waals surface area contributed by atoms with Crippen LogP contribution < -0.4 is 5.11 Å². The highest BCUT2D eigenvalue weighted by Crippen LogP contribution is 2.18. The van der Waals surface area contributed by atoms with Crippen LogP contribution in [0.3, 0.4) is 0 Å². The molecule has 0 aromatic carbocycles. The lowest BCUT2D eigenvalue weighted by Gasteiger charge is -2.37. The molecule has 1 aliphatic heterocycles. The highest BCUT2D eigenvalue weighted by atomic mass is 32.3. The molecule has 1 aliphatic rings. The van der Waals surface area contributed by atoms with Crippen LogP contribution in [-0.4, -0.2) is 60.2 Å². The second-order valence-electron chi connectivity index (χ2n) is 3.10. The fourth-order valence-electron chi connectivity index (χ4n) is 1.24. The normalized spacial score (nSPS) is 35.9. The molecule has 94 valence electrons. The lowest BCUT2D eigenvalue weighted by molar-refractivity contribution is -0.327. The topological polar surface area (TPSA) is 156 Å². The van der Waals surface area contributed by atoms with Crippen molar-refractivity contribution in [3.05, 3.63) is 0 Å². The van der Waals surface area contributed by atoms with Crippen molar-refractivity contribution in [2.75, 3.05) is 6.61 Å². The quantitative estimate of drug-likeness (QED) is 0.376. The predicted molar refractivity (Wildman–Crippen MR) is 41.3 cm³/mol. The Kier molecular flexibility index (Phi) is 3.83. The second kappa shape index (κ2) is 4.61. The molecule has 0 saturated carbocycles. The average molecular weight is 256 g/mol. The van der Waals surface area contributed by atoms with E-state index in [0.717, 1.165) is 0 Å². The van der Waals surface area contributed by atoms with Gasteiger partial charge >= 0.3 is 0 Å². The van der Waals surface area contributed by atoms with Crippen molar-refractivity contribution in [2.45, 2.75) is 24.4 Å². The molecule has 0 aromatic heterocycles. The maximum atomic E-state index is 10.4. The van der Waals surface area contributed by atoms with E-state index in [4.69, 9.17) is 0 Å². The standard InChI is InChI=1S/C6H10O9S/c7-3-2(15-16(11,12)13)1-14-5(4(3)8)6(9)10/h2-5,7-8H,1H2,(H,9,10)(H,11,12,13)/p-2. The Morgan fingerprint density at radius 1 is 1.38 bits per heavy atom. The number of carboxylic acid groups (broad SMARTS) is 1. The molecule has 2 N–H and O–H groups in total. The Balaban J connectivity index is 2.72. The molecule has 4 atom stereocenters. The van der Waals surface area contributed by atoms with Crippen molar-refractivity contribution < 1.29 is 42.0 Å². The van der Waals surface area contributed by atoms with Crippen LogP contribution in [-0.2, 0) is 24.1 Å². The number of hydrogen-bond donors (Lipinski definition) is 2. The minimum Gasteiger partial charge on any atom is -0.726 e. The van der Waals surface area contributed by atoms with Crippen LogP contribution >= 0.6 is 0 Å². The largest absolute Gasteiger partial charge is 0.726 e. The van der Waals surface area contributed by atoms with Gasteiger partial charge in [0.25, 0.3) is 0 Å². The summed E-state index contributed by atoms with van der Waals surface area (Å²) in [6.45, 7) is -0.668. The van der Waals surface area contributed by atoms with Crippen molar-refractivity contribution in [1.29, 1.82) is 0 Å². The third-order valence-corrected chi connectivity index (χ3v) is 2.44. The number of ether oxygens (including phenoxy) is 1. The van der Waals surface area contributed by atoms with Crippen LogP contribution in [0, 0.1) is 0 Å². The van der Waals surface area contributed by atoms with E-state index in [1.54, 1.807) is 0 Å². The SMILES string of the molecule is O=C([O-])C1OCC(OS(=O)(=O)[O-])C(O)C1O. The zero-order valence-corrected chi connectivity index (χ0v) is 8.49. The first-order chi connectivity index (χ1) is 7.22. The van der Waals surface area contributed by atoms with Gasteiger partial charge in [-0.2, -0.15) is 0 Å². The minimum atomic E-state index is -5.08. The summed E-state index contributed by atoms with van der Waals surface area (Å²) in [7, 11) is -5.08. The molecule has 0 aliphatic carbocycles. The Morgan fingerprint density at radius 3 is 2.38 bits per heavy atom. The van der Waals surface area contributed by atoms with Gasteiger partial charge in [-0.05, 0) is 0 Å². The Labute approximate surface area is 90.2 Å². The van der Waals surface area contributed by atoms with Gasteiger partial charge in [0, 0.05) is 0 Å². The van der Waals surface area contributed by atoms with Crippen molar-refractivity contribution in [3.8, 4) is 0 Å². The number of rotatable bonds is 3. The number of aliphatic carboxylic acids is 1. The van der Waals surface area contributed by atoms with Gasteiger partial charge in [-0.3, -0.25) is 4.18 Å². The van der Waals surface area contributed by atoms with Gasteiger partial charge in [-0.15, -0.1) is 0 Å². The fourth-order valence-corrected chi connectivity index (χ4v) is 1.71. The van der Waals surface area contributed by atoms with E-state index in [2.05, 4.69) is 8.92 Å². The van der Waals surface area contributed by atoms with Gasteiger partial charge in [-0.25, -0.2) is 8.42 Å². The third-order valence-electron chi connectivity index (χ3n) is 1.95. The molecular formula is C6H8O9S-2. The molecule has 4 unspecified atom stereocenters. The summed E-state index contributed by atoms with van der Waals surface area (Å²) in [6.07, 6.45) is -7.26. The Morgan fingerprint density at radius 2 is 1.94 bits per heavy atom. The minimum absolute atomic E-state index is 0.668. The van der Waals surface area contributed by atoms with Crippen molar-refractivity contribution in [3.63, 3.8) is 0 Å². The molecule has 0 amide bonds. The summed E-state index contributed by atoms with van der Waals surface area (Å²) in [4.78, 5) is 10.4. The van der Waals surface area contributed by atoms with Gasteiger partial charge in [0.15, 0.2) is 0 Å². The maximum Gasteiger partial charge on any atom is 0.218 e.